The smallest absolute Gasteiger partial charge is 0.337 e. The number of nitrogens with one attached hydrogen (secondary N) is 1. The van der Waals surface area contributed by atoms with Crippen molar-refractivity contribution in [3.05, 3.63) is 74.8 Å². The summed E-state index contributed by atoms with van der Waals surface area (Å²) in [6.45, 7) is 5.55. The van der Waals surface area contributed by atoms with Gasteiger partial charge in [-0.3, -0.25) is 4.79 Å². The molecular weight excluding hydrogens is 410 g/mol. The number of allylic oxidation sites excluding steroid dienone is 3. The maximum Gasteiger partial charge on any atom is 0.337 e. The molecule has 162 valence electrons. The van der Waals surface area contributed by atoms with Crippen molar-refractivity contribution in [3.63, 3.8) is 0 Å². The number of methoxy groups -OCH3 is 1. The lowest BCUT2D eigenvalue weighted by molar-refractivity contribution is -0.143. The van der Waals surface area contributed by atoms with Crippen LogP contribution in [0.2, 0.25) is 0 Å². The predicted molar refractivity (Wildman–Crippen MR) is 121 cm³/mol. The Morgan fingerprint density at radius 3 is 2.61 bits per heavy atom. The molecule has 2 aromatic rings. The number of hydrogen-bond donors (Lipinski definition) is 1. The summed E-state index contributed by atoms with van der Waals surface area (Å²) in [5, 5.41) is 5.36. The summed E-state index contributed by atoms with van der Waals surface area (Å²) in [7, 11) is 1.65. The second-order valence-corrected chi connectivity index (χ2v) is 9.21. The minimum atomic E-state index is -0.395. The van der Waals surface area contributed by atoms with E-state index in [0.29, 0.717) is 24.0 Å². The summed E-state index contributed by atoms with van der Waals surface area (Å²) < 4.78 is 11.1. The average Bonchev–Trinajstić information content (AvgIpc) is 3.26. The van der Waals surface area contributed by atoms with Crippen LogP contribution in [0.25, 0.3) is 0 Å². The summed E-state index contributed by atoms with van der Waals surface area (Å²) in [6.07, 6.45) is 0.839. The van der Waals surface area contributed by atoms with E-state index in [-0.39, 0.29) is 23.8 Å². The number of para-hydroxylation sites is 1. The molecule has 0 saturated heterocycles. The molecule has 2 heterocycles. The van der Waals surface area contributed by atoms with Gasteiger partial charge in [0.25, 0.3) is 0 Å². The Morgan fingerprint density at radius 1 is 1.16 bits per heavy atom. The Labute approximate surface area is 186 Å². The average molecular weight is 438 g/mol. The number of carbonyl (C=O) groups excluding carboxylic acids is 2. The van der Waals surface area contributed by atoms with Crippen molar-refractivity contribution in [1.29, 1.82) is 0 Å². The van der Waals surface area contributed by atoms with Crippen LogP contribution >= 0.6 is 11.3 Å². The van der Waals surface area contributed by atoms with E-state index in [4.69, 9.17) is 9.47 Å². The highest BCUT2D eigenvalue weighted by molar-refractivity contribution is 7.10. The molecule has 0 spiro atoms. The molecule has 0 bridgehead atoms. The Morgan fingerprint density at radius 2 is 1.94 bits per heavy atom. The zero-order valence-corrected chi connectivity index (χ0v) is 19.0. The van der Waals surface area contributed by atoms with Gasteiger partial charge in [-0.1, -0.05) is 24.3 Å². The lowest BCUT2D eigenvalue weighted by atomic mass is 9.73. The molecule has 0 fully saturated rings. The third-order valence-corrected chi connectivity index (χ3v) is 6.73. The van der Waals surface area contributed by atoms with E-state index in [0.717, 1.165) is 27.6 Å². The van der Waals surface area contributed by atoms with Crippen LogP contribution in [0.1, 0.15) is 55.9 Å². The maximum atomic E-state index is 13.5. The molecule has 5 nitrogen and oxygen atoms in total. The van der Waals surface area contributed by atoms with Gasteiger partial charge >= 0.3 is 5.97 Å². The summed E-state index contributed by atoms with van der Waals surface area (Å²) in [6, 6.07) is 11.8. The molecule has 2 aliphatic rings. The standard InChI is InChI=1S/C25H27NO4S/c1-14(2)30-25(28)22-15(3)26-18-12-16(17-8-5-6-9-20(17)29-4)13-19(27)23(18)24(22)21-10-7-11-31-21/h5-11,14,16,24,26H,12-13H2,1-4H3/t16-,24-/m0/s1. The monoisotopic (exact) mass is 437 g/mol. The molecular formula is C25H27NO4S. The Kier molecular flexibility index (Phi) is 6.01. The van der Waals surface area contributed by atoms with Crippen molar-refractivity contribution in [3.8, 4) is 5.75 Å². The van der Waals surface area contributed by atoms with E-state index < -0.39 is 5.92 Å². The molecule has 1 aliphatic carbocycles. The van der Waals surface area contributed by atoms with Crippen molar-refractivity contribution in [2.24, 2.45) is 0 Å². The number of thiophene rings is 1. The fourth-order valence-corrected chi connectivity index (χ4v) is 5.39. The third kappa shape index (κ3) is 4.04. The second-order valence-electron chi connectivity index (χ2n) is 8.23. The number of rotatable bonds is 5. The first-order valence-corrected chi connectivity index (χ1v) is 11.4. The van der Waals surface area contributed by atoms with E-state index in [9.17, 15) is 9.59 Å². The van der Waals surface area contributed by atoms with Crippen molar-refractivity contribution < 1.29 is 19.1 Å². The number of ketones is 1. The molecule has 0 amide bonds. The van der Waals surface area contributed by atoms with Crippen molar-refractivity contribution in [2.45, 2.75) is 51.6 Å². The number of Topliss-reactive ketones (excluding diaryl/α,β-unsaturated/α-hetero) is 1. The summed E-state index contributed by atoms with van der Waals surface area (Å²) in [5.41, 5.74) is 3.89. The molecule has 1 N–H and O–H groups in total. The van der Waals surface area contributed by atoms with Gasteiger partial charge in [0.2, 0.25) is 0 Å². The minimum absolute atomic E-state index is 0.0239. The molecule has 31 heavy (non-hydrogen) atoms. The normalized spacial score (nSPS) is 21.1. The van der Waals surface area contributed by atoms with Crippen LogP contribution in [0.4, 0.5) is 0 Å². The quantitative estimate of drug-likeness (QED) is 0.662. The van der Waals surface area contributed by atoms with Crippen molar-refractivity contribution in [1.82, 2.24) is 5.32 Å². The van der Waals surface area contributed by atoms with Crippen molar-refractivity contribution >= 4 is 23.1 Å². The topological polar surface area (TPSA) is 64.6 Å². The lowest BCUT2D eigenvalue weighted by Crippen LogP contribution is -2.36. The zero-order valence-electron chi connectivity index (χ0n) is 18.2. The van der Waals surface area contributed by atoms with Crippen LogP contribution in [0.5, 0.6) is 5.75 Å². The first-order chi connectivity index (χ1) is 14.9. The number of esters is 1. The molecule has 6 heteroatoms. The van der Waals surface area contributed by atoms with Gasteiger partial charge in [0.1, 0.15) is 5.75 Å². The van der Waals surface area contributed by atoms with Crippen molar-refractivity contribution in [2.75, 3.05) is 7.11 Å². The number of hydrogen-bond acceptors (Lipinski definition) is 6. The van der Waals surface area contributed by atoms with Crippen LogP contribution in [-0.4, -0.2) is 25.0 Å². The maximum absolute atomic E-state index is 13.5. The van der Waals surface area contributed by atoms with E-state index in [1.807, 2.05) is 62.5 Å². The highest BCUT2D eigenvalue weighted by Gasteiger charge is 2.42. The number of ether oxygens (including phenoxy) is 2. The molecule has 0 unspecified atom stereocenters. The fourth-order valence-electron chi connectivity index (χ4n) is 4.55. The SMILES string of the molecule is COc1ccccc1[C@@H]1CC(=O)C2=C(C1)NC(C)=C(C(=O)OC(C)C)[C@@H]2c1cccs1. The third-order valence-electron chi connectivity index (χ3n) is 5.80. The van der Waals surface area contributed by atoms with E-state index >= 15 is 0 Å². The first-order valence-electron chi connectivity index (χ1n) is 10.5. The fraction of sp³-hybridized carbons (Fsp3) is 0.360. The van der Waals surface area contributed by atoms with Crippen LogP contribution in [-0.2, 0) is 14.3 Å². The minimum Gasteiger partial charge on any atom is -0.496 e. The van der Waals surface area contributed by atoms with Gasteiger partial charge in [0, 0.05) is 34.2 Å². The predicted octanol–water partition coefficient (Wildman–Crippen LogP) is 5.07. The van der Waals surface area contributed by atoms with E-state index in [1.54, 1.807) is 18.4 Å². The van der Waals surface area contributed by atoms with Crippen LogP contribution in [0.15, 0.2) is 64.3 Å². The Bertz CT molecular complexity index is 1060. The summed E-state index contributed by atoms with van der Waals surface area (Å²) in [5.74, 6) is 0.114. The Hall–Kier alpha value is -2.86. The molecule has 1 aromatic carbocycles. The number of carbonyl (C=O) groups is 2. The number of dihydropyridines is 1. The highest BCUT2D eigenvalue weighted by atomic mass is 32.1. The van der Waals surface area contributed by atoms with E-state index in [1.165, 1.54) is 0 Å². The zero-order chi connectivity index (χ0) is 22.1. The van der Waals surface area contributed by atoms with Gasteiger partial charge in [0.05, 0.1) is 24.7 Å². The molecule has 0 saturated carbocycles. The molecule has 2 atom stereocenters. The van der Waals surface area contributed by atoms with Gasteiger partial charge in [-0.2, -0.15) is 0 Å². The van der Waals surface area contributed by atoms with Gasteiger partial charge < -0.3 is 14.8 Å². The summed E-state index contributed by atoms with van der Waals surface area (Å²) in [4.78, 5) is 27.5. The van der Waals surface area contributed by atoms with Gasteiger partial charge in [-0.05, 0) is 50.3 Å². The lowest BCUT2D eigenvalue weighted by Gasteiger charge is -2.36. The van der Waals surface area contributed by atoms with Crippen LogP contribution < -0.4 is 10.1 Å². The van der Waals surface area contributed by atoms with Gasteiger partial charge in [0.15, 0.2) is 5.78 Å². The molecule has 1 aliphatic heterocycles. The molecule has 4 rings (SSSR count). The van der Waals surface area contributed by atoms with Gasteiger partial charge in [-0.25, -0.2) is 4.79 Å². The largest absolute Gasteiger partial charge is 0.496 e. The van der Waals surface area contributed by atoms with Crippen LogP contribution in [0, 0.1) is 0 Å². The van der Waals surface area contributed by atoms with E-state index in [2.05, 4.69) is 5.32 Å². The molecule has 0 radical (unpaired) electrons. The summed E-state index contributed by atoms with van der Waals surface area (Å²) >= 11 is 1.56. The number of benzene rings is 1. The molecule has 1 aromatic heterocycles. The Balaban J connectivity index is 1.76. The van der Waals surface area contributed by atoms with Crippen LogP contribution in [0.3, 0.4) is 0 Å². The highest BCUT2D eigenvalue weighted by Crippen LogP contribution is 2.47. The first kappa shape index (κ1) is 21.4. The second kappa shape index (κ2) is 8.71. The van der Waals surface area contributed by atoms with Gasteiger partial charge in [-0.15, -0.1) is 11.3 Å².